The molecule has 106 valence electrons. The second-order valence-electron chi connectivity index (χ2n) is 4.14. The highest BCUT2D eigenvalue weighted by atomic mass is 16.5. The quantitative estimate of drug-likeness (QED) is 0.749. The number of carbonyl (C=O) groups excluding carboxylic acids is 1. The highest BCUT2D eigenvalue weighted by Gasteiger charge is 2.23. The Balaban J connectivity index is 3.18. The Bertz CT molecular complexity index is 408. The van der Waals surface area contributed by atoms with Gasteiger partial charge < -0.3 is 14.7 Å². The van der Waals surface area contributed by atoms with Crippen molar-refractivity contribution in [3.63, 3.8) is 0 Å². The van der Waals surface area contributed by atoms with Crippen molar-refractivity contribution in [3.8, 4) is 0 Å². The third-order valence-electron chi connectivity index (χ3n) is 3.09. The first-order chi connectivity index (χ1) is 9.19. The molecular weight excluding hydrogens is 246 g/mol. The maximum absolute atomic E-state index is 11.8. The Morgan fingerprint density at radius 1 is 1.47 bits per heavy atom. The second-order valence-corrected chi connectivity index (χ2v) is 4.14. The average Bonchev–Trinajstić information content (AvgIpc) is 2.46. The van der Waals surface area contributed by atoms with Gasteiger partial charge in [-0.3, -0.25) is 0 Å². The highest BCUT2D eigenvalue weighted by molar-refractivity contribution is 5.94. The predicted molar refractivity (Wildman–Crippen MR) is 72.2 cm³/mol. The summed E-state index contributed by atoms with van der Waals surface area (Å²) in [5, 5.41) is 9.22. The largest absolute Gasteiger partial charge is 0.465 e. The molecule has 1 aromatic rings. The fraction of sp³-hybridized carbons (Fsp3) is 0.615. The lowest BCUT2D eigenvalue weighted by atomic mass is 10.1. The highest BCUT2D eigenvalue weighted by Crippen LogP contribution is 2.22. The first-order valence-electron chi connectivity index (χ1n) is 6.45. The smallest absolute Gasteiger partial charge is 0.343 e. The zero-order valence-electron chi connectivity index (χ0n) is 11.7. The number of rotatable bonds is 7. The SMILES string of the molecule is CCC(CC)N(CCO)c1ncncc1C(=O)OC. The molecule has 0 fully saturated rings. The first-order valence-corrected chi connectivity index (χ1v) is 6.45. The van der Waals surface area contributed by atoms with Gasteiger partial charge in [0.2, 0.25) is 0 Å². The number of hydrogen-bond donors (Lipinski definition) is 1. The molecule has 0 aliphatic carbocycles. The maximum Gasteiger partial charge on any atom is 0.343 e. The van der Waals surface area contributed by atoms with E-state index in [4.69, 9.17) is 4.74 Å². The molecule has 0 aliphatic heterocycles. The Morgan fingerprint density at radius 3 is 2.68 bits per heavy atom. The topological polar surface area (TPSA) is 75.5 Å². The molecule has 0 saturated heterocycles. The third-order valence-corrected chi connectivity index (χ3v) is 3.09. The summed E-state index contributed by atoms with van der Waals surface area (Å²) >= 11 is 0. The lowest BCUT2D eigenvalue weighted by molar-refractivity contribution is 0.0600. The minimum atomic E-state index is -0.468. The summed E-state index contributed by atoms with van der Waals surface area (Å²) in [6.07, 6.45) is 4.65. The predicted octanol–water partition coefficient (Wildman–Crippen LogP) is 1.25. The number of ether oxygens (including phenoxy) is 1. The summed E-state index contributed by atoms with van der Waals surface area (Å²) in [7, 11) is 1.33. The molecule has 0 amide bonds. The summed E-state index contributed by atoms with van der Waals surface area (Å²) in [5.41, 5.74) is 0.324. The molecule has 0 aromatic carbocycles. The Kier molecular flexibility index (Phi) is 6.21. The van der Waals surface area contributed by atoms with E-state index in [-0.39, 0.29) is 12.6 Å². The molecule has 0 aliphatic rings. The molecule has 0 saturated carbocycles. The number of esters is 1. The number of methoxy groups -OCH3 is 1. The lowest BCUT2D eigenvalue weighted by Gasteiger charge is -2.31. The van der Waals surface area contributed by atoms with Crippen LogP contribution in [0.4, 0.5) is 5.82 Å². The van der Waals surface area contributed by atoms with Gasteiger partial charge in [-0.1, -0.05) is 13.8 Å². The molecule has 0 atom stereocenters. The van der Waals surface area contributed by atoms with E-state index in [0.29, 0.717) is 17.9 Å². The molecule has 0 spiro atoms. The van der Waals surface area contributed by atoms with Crippen molar-refractivity contribution in [1.29, 1.82) is 0 Å². The molecule has 1 N–H and O–H groups in total. The van der Waals surface area contributed by atoms with Gasteiger partial charge in [0.15, 0.2) is 0 Å². The van der Waals surface area contributed by atoms with E-state index >= 15 is 0 Å². The number of aliphatic hydroxyl groups is 1. The summed E-state index contributed by atoms with van der Waals surface area (Å²) in [6, 6.07) is 0.213. The van der Waals surface area contributed by atoms with E-state index in [0.717, 1.165) is 12.8 Å². The zero-order valence-corrected chi connectivity index (χ0v) is 11.7. The van der Waals surface area contributed by atoms with Gasteiger partial charge in [-0.05, 0) is 12.8 Å². The summed E-state index contributed by atoms with van der Waals surface area (Å²) < 4.78 is 4.74. The molecule has 0 unspecified atom stereocenters. The van der Waals surface area contributed by atoms with E-state index in [1.807, 2.05) is 4.90 Å². The fourth-order valence-electron chi connectivity index (χ4n) is 2.10. The third kappa shape index (κ3) is 3.64. The van der Waals surface area contributed by atoms with E-state index < -0.39 is 5.97 Å². The minimum Gasteiger partial charge on any atom is -0.465 e. The molecule has 1 rings (SSSR count). The van der Waals surface area contributed by atoms with Gasteiger partial charge in [-0.25, -0.2) is 14.8 Å². The van der Waals surface area contributed by atoms with E-state index in [1.165, 1.54) is 19.6 Å². The number of aromatic nitrogens is 2. The van der Waals surface area contributed by atoms with Crippen LogP contribution >= 0.6 is 0 Å². The minimum absolute atomic E-state index is 0.00111. The zero-order chi connectivity index (χ0) is 14.3. The number of carbonyl (C=O) groups is 1. The first kappa shape index (κ1) is 15.4. The summed E-state index contributed by atoms with van der Waals surface area (Å²) in [4.78, 5) is 21.7. The van der Waals surface area contributed by atoms with Gasteiger partial charge in [0.1, 0.15) is 17.7 Å². The molecule has 19 heavy (non-hydrogen) atoms. The van der Waals surface area contributed by atoms with Gasteiger partial charge in [-0.15, -0.1) is 0 Å². The van der Waals surface area contributed by atoms with Crippen LogP contribution < -0.4 is 4.90 Å². The van der Waals surface area contributed by atoms with Gasteiger partial charge in [0.05, 0.1) is 13.7 Å². The van der Waals surface area contributed by atoms with Crippen molar-refractivity contribution >= 4 is 11.8 Å². The normalized spacial score (nSPS) is 10.6. The number of aliphatic hydroxyl groups excluding tert-OH is 1. The van der Waals surface area contributed by atoms with E-state index in [1.54, 1.807) is 0 Å². The molecule has 6 heteroatoms. The molecule has 0 bridgehead atoms. The van der Waals surface area contributed by atoms with Crippen LogP contribution in [0.3, 0.4) is 0 Å². The van der Waals surface area contributed by atoms with Crippen LogP contribution in [0.1, 0.15) is 37.0 Å². The van der Waals surface area contributed by atoms with Crippen molar-refractivity contribution in [1.82, 2.24) is 9.97 Å². The van der Waals surface area contributed by atoms with Crippen molar-refractivity contribution in [2.75, 3.05) is 25.2 Å². The van der Waals surface area contributed by atoms with Crippen LogP contribution in [0.5, 0.6) is 0 Å². The maximum atomic E-state index is 11.8. The fourth-order valence-corrected chi connectivity index (χ4v) is 2.10. The standard InChI is InChI=1S/C13H21N3O3/c1-4-10(5-2)16(6-7-17)12-11(13(18)19-3)8-14-9-15-12/h8-10,17H,4-7H2,1-3H3. The van der Waals surface area contributed by atoms with Crippen molar-refractivity contribution in [3.05, 3.63) is 18.1 Å². The summed E-state index contributed by atoms with van der Waals surface area (Å²) in [5.74, 6) is 0.0501. The summed E-state index contributed by atoms with van der Waals surface area (Å²) in [6.45, 7) is 4.56. The molecule has 6 nitrogen and oxygen atoms in total. The van der Waals surface area contributed by atoms with Crippen molar-refractivity contribution in [2.24, 2.45) is 0 Å². The number of hydrogen-bond acceptors (Lipinski definition) is 6. The number of nitrogens with zero attached hydrogens (tertiary/aromatic N) is 3. The van der Waals surface area contributed by atoms with Crippen LogP contribution in [0.2, 0.25) is 0 Å². The molecule has 1 aromatic heterocycles. The van der Waals surface area contributed by atoms with Gasteiger partial charge in [0, 0.05) is 18.8 Å². The van der Waals surface area contributed by atoms with Gasteiger partial charge >= 0.3 is 5.97 Å². The Morgan fingerprint density at radius 2 is 2.16 bits per heavy atom. The van der Waals surface area contributed by atoms with Crippen LogP contribution in [0.15, 0.2) is 12.5 Å². The number of anilines is 1. The van der Waals surface area contributed by atoms with E-state index in [9.17, 15) is 9.90 Å². The van der Waals surface area contributed by atoms with Crippen molar-refractivity contribution < 1.29 is 14.6 Å². The molecule has 1 heterocycles. The molecule has 0 radical (unpaired) electrons. The average molecular weight is 267 g/mol. The lowest BCUT2D eigenvalue weighted by Crippen LogP contribution is -2.38. The van der Waals surface area contributed by atoms with Crippen molar-refractivity contribution in [2.45, 2.75) is 32.7 Å². The monoisotopic (exact) mass is 267 g/mol. The van der Waals surface area contributed by atoms with Crippen LogP contribution in [-0.2, 0) is 4.74 Å². The Labute approximate surface area is 113 Å². The second kappa shape index (κ2) is 7.68. The molecular formula is C13H21N3O3. The van der Waals surface area contributed by atoms with Crippen LogP contribution in [-0.4, -0.2) is 47.3 Å². The van der Waals surface area contributed by atoms with Crippen LogP contribution in [0.25, 0.3) is 0 Å². The van der Waals surface area contributed by atoms with Gasteiger partial charge in [-0.2, -0.15) is 0 Å². The van der Waals surface area contributed by atoms with Crippen LogP contribution in [0, 0.1) is 0 Å². The Hall–Kier alpha value is -1.69. The van der Waals surface area contributed by atoms with Gasteiger partial charge in [0.25, 0.3) is 0 Å². The van der Waals surface area contributed by atoms with E-state index in [2.05, 4.69) is 23.8 Å².